The summed E-state index contributed by atoms with van der Waals surface area (Å²) in [5.41, 5.74) is -0.837. The van der Waals surface area contributed by atoms with Crippen molar-refractivity contribution in [3.05, 3.63) is 93.6 Å². The van der Waals surface area contributed by atoms with Crippen LogP contribution in [0.3, 0.4) is 0 Å². The van der Waals surface area contributed by atoms with Gasteiger partial charge in [0.1, 0.15) is 0 Å². The zero-order valence-corrected chi connectivity index (χ0v) is 21.0. The number of aromatic hydroxyl groups is 1. The maximum absolute atomic E-state index is 12.9. The molecule has 1 saturated heterocycles. The minimum Gasteiger partial charge on any atom is -0.505 e. The number of hydrogen-bond donors (Lipinski definition) is 4. The molecule has 1 aromatic heterocycles. The number of aliphatic imine (C=N–C) groups is 1. The standard InChI is InChI=1S/C25H17Cl2F3N4O2S/c26-18-10-17(11-19(27)21(18)35)34-23(37)33-22(32-12-13-1-4-15(5-2-13)25(28,29)30)24(34,36)16-6-3-14-7-8-31-20(14)9-16/h1-11,31,35-36H,12H2,(H,32,33,37). The highest BCUT2D eigenvalue weighted by Gasteiger charge is 2.50. The van der Waals surface area contributed by atoms with Crippen molar-refractivity contribution in [3.8, 4) is 5.75 Å². The Morgan fingerprint density at radius 2 is 1.68 bits per heavy atom. The third kappa shape index (κ3) is 4.50. The van der Waals surface area contributed by atoms with E-state index >= 15 is 0 Å². The quantitative estimate of drug-likeness (QED) is 0.217. The number of phenolic OH excluding ortho intramolecular Hbond substituents is 1. The van der Waals surface area contributed by atoms with E-state index in [0.717, 1.165) is 23.0 Å². The summed E-state index contributed by atoms with van der Waals surface area (Å²) in [6.07, 6.45) is -2.69. The Kier molecular flexibility index (Phi) is 6.31. The van der Waals surface area contributed by atoms with E-state index in [4.69, 9.17) is 35.4 Å². The van der Waals surface area contributed by atoms with Crippen LogP contribution in [0, 0.1) is 0 Å². The van der Waals surface area contributed by atoms with Crippen LogP contribution in [0.15, 0.2) is 71.9 Å². The molecule has 0 aliphatic carbocycles. The fourth-order valence-electron chi connectivity index (χ4n) is 4.13. The number of halogens is 5. The van der Waals surface area contributed by atoms with Crippen LogP contribution >= 0.6 is 35.4 Å². The summed E-state index contributed by atoms with van der Waals surface area (Å²) in [6, 6.07) is 14.5. The van der Waals surface area contributed by atoms with E-state index < -0.39 is 17.5 Å². The zero-order chi connectivity index (χ0) is 26.5. The fraction of sp³-hybridized carbons (Fsp3) is 0.120. The summed E-state index contributed by atoms with van der Waals surface area (Å²) in [5.74, 6) is -0.277. The average Bonchev–Trinajstić information content (AvgIpc) is 3.42. The van der Waals surface area contributed by atoms with Gasteiger partial charge in [-0.25, -0.2) is 0 Å². The van der Waals surface area contributed by atoms with Crippen molar-refractivity contribution in [1.82, 2.24) is 10.3 Å². The molecule has 5 rings (SSSR count). The number of fused-ring (bicyclic) bond motifs is 1. The first-order valence-corrected chi connectivity index (χ1v) is 11.9. The van der Waals surface area contributed by atoms with Crippen LogP contribution in [0.5, 0.6) is 5.75 Å². The summed E-state index contributed by atoms with van der Waals surface area (Å²) in [4.78, 5) is 8.94. The Morgan fingerprint density at radius 1 is 1.00 bits per heavy atom. The number of anilines is 1. The predicted molar refractivity (Wildman–Crippen MR) is 141 cm³/mol. The Balaban J connectivity index is 1.61. The second-order valence-electron chi connectivity index (χ2n) is 8.34. The molecule has 1 aliphatic heterocycles. The van der Waals surface area contributed by atoms with Gasteiger partial charge in [0.05, 0.1) is 27.8 Å². The minimum atomic E-state index is -4.45. The van der Waals surface area contributed by atoms with Crippen molar-refractivity contribution in [3.63, 3.8) is 0 Å². The minimum absolute atomic E-state index is 0.0406. The van der Waals surface area contributed by atoms with Crippen LogP contribution in [0.4, 0.5) is 18.9 Å². The Hall–Kier alpha value is -3.31. The summed E-state index contributed by atoms with van der Waals surface area (Å²) in [7, 11) is 0. The summed E-state index contributed by atoms with van der Waals surface area (Å²) in [6.45, 7) is -0.0406. The normalized spacial score (nSPS) is 19.1. The number of thiocarbonyl (C=S) groups is 1. The van der Waals surface area contributed by atoms with Crippen LogP contribution in [0.2, 0.25) is 10.0 Å². The number of amidine groups is 1. The largest absolute Gasteiger partial charge is 0.505 e. The molecule has 0 radical (unpaired) electrons. The molecule has 0 saturated carbocycles. The van der Waals surface area contributed by atoms with Gasteiger partial charge in [0.25, 0.3) is 0 Å². The van der Waals surface area contributed by atoms with Gasteiger partial charge in [0.15, 0.2) is 16.7 Å². The van der Waals surface area contributed by atoms with Gasteiger partial charge in [0.2, 0.25) is 5.72 Å². The number of aromatic amines is 1. The molecule has 4 aromatic rings. The highest BCUT2D eigenvalue weighted by Crippen LogP contribution is 2.42. The lowest BCUT2D eigenvalue weighted by Gasteiger charge is -2.33. The smallest absolute Gasteiger partial charge is 0.416 e. The number of hydrogen-bond acceptors (Lipinski definition) is 4. The van der Waals surface area contributed by atoms with Crippen molar-refractivity contribution in [1.29, 1.82) is 0 Å². The van der Waals surface area contributed by atoms with Crippen LogP contribution in [0.25, 0.3) is 10.9 Å². The van der Waals surface area contributed by atoms with Crippen molar-refractivity contribution in [2.45, 2.75) is 18.4 Å². The number of H-pyrrole nitrogens is 1. The average molecular weight is 565 g/mol. The molecule has 4 N–H and O–H groups in total. The van der Waals surface area contributed by atoms with Crippen LogP contribution < -0.4 is 10.2 Å². The Bertz CT molecular complexity index is 1530. The zero-order valence-electron chi connectivity index (χ0n) is 18.6. The Morgan fingerprint density at radius 3 is 2.32 bits per heavy atom. The highest BCUT2D eigenvalue weighted by molar-refractivity contribution is 7.80. The number of nitrogens with zero attached hydrogens (tertiary/aromatic N) is 2. The molecule has 1 fully saturated rings. The number of rotatable bonds is 4. The van der Waals surface area contributed by atoms with E-state index in [1.54, 1.807) is 18.3 Å². The molecular weight excluding hydrogens is 548 g/mol. The summed E-state index contributed by atoms with van der Waals surface area (Å²) >= 11 is 17.8. The first-order valence-electron chi connectivity index (χ1n) is 10.8. The molecule has 12 heteroatoms. The van der Waals surface area contributed by atoms with Crippen LogP contribution in [0.1, 0.15) is 16.7 Å². The first-order chi connectivity index (χ1) is 17.5. The van der Waals surface area contributed by atoms with Crippen molar-refractivity contribution < 1.29 is 23.4 Å². The van der Waals surface area contributed by atoms with E-state index in [2.05, 4.69) is 15.3 Å². The lowest BCUT2D eigenvalue weighted by molar-refractivity contribution is -0.137. The molecule has 3 aromatic carbocycles. The number of aromatic nitrogens is 1. The molecule has 0 bridgehead atoms. The molecule has 190 valence electrons. The van der Waals surface area contributed by atoms with E-state index in [1.807, 2.05) is 12.1 Å². The predicted octanol–water partition coefficient (Wildman–Crippen LogP) is 6.34. The number of phenols is 1. The number of benzene rings is 3. The van der Waals surface area contributed by atoms with Gasteiger partial charge in [-0.2, -0.15) is 13.2 Å². The lowest BCUT2D eigenvalue weighted by atomic mass is 9.99. The second-order valence-corrected chi connectivity index (χ2v) is 9.54. The fourth-order valence-corrected chi connectivity index (χ4v) is 4.94. The van der Waals surface area contributed by atoms with Crippen LogP contribution in [-0.2, 0) is 18.4 Å². The summed E-state index contributed by atoms with van der Waals surface area (Å²) in [5, 5.41) is 26.0. The highest BCUT2D eigenvalue weighted by atomic mass is 35.5. The van der Waals surface area contributed by atoms with Gasteiger partial charge in [-0.05, 0) is 59.6 Å². The van der Waals surface area contributed by atoms with Gasteiger partial charge in [0, 0.05) is 17.3 Å². The van der Waals surface area contributed by atoms with Crippen LogP contribution in [-0.4, -0.2) is 26.1 Å². The van der Waals surface area contributed by atoms with Crippen molar-refractivity contribution >= 4 is 63.0 Å². The monoisotopic (exact) mass is 564 g/mol. The SMILES string of the molecule is Oc1c(Cl)cc(N2C(=S)NC(=NCc3ccc(C(F)(F)F)cc3)C2(O)c2ccc3cc[nH]c3c2)cc1Cl. The first kappa shape index (κ1) is 25.3. The third-order valence-electron chi connectivity index (χ3n) is 6.00. The second kappa shape index (κ2) is 9.21. The van der Waals surface area contributed by atoms with Crippen molar-refractivity contribution in [2.75, 3.05) is 4.90 Å². The van der Waals surface area contributed by atoms with E-state index in [-0.39, 0.29) is 39.0 Å². The molecule has 0 amide bonds. The summed E-state index contributed by atoms with van der Waals surface area (Å²) < 4.78 is 38.8. The van der Waals surface area contributed by atoms with Gasteiger partial charge >= 0.3 is 6.18 Å². The molecule has 6 nitrogen and oxygen atoms in total. The lowest BCUT2D eigenvalue weighted by Crippen LogP contribution is -2.47. The van der Waals surface area contributed by atoms with Crippen molar-refractivity contribution in [2.24, 2.45) is 4.99 Å². The molecular formula is C25H17Cl2F3N4O2S. The van der Waals surface area contributed by atoms with Gasteiger partial charge < -0.3 is 20.5 Å². The number of nitrogens with one attached hydrogen (secondary N) is 2. The van der Waals surface area contributed by atoms with Gasteiger partial charge in [-0.1, -0.05) is 47.5 Å². The van der Waals surface area contributed by atoms with Gasteiger partial charge in [-0.15, -0.1) is 0 Å². The maximum Gasteiger partial charge on any atom is 0.416 e. The third-order valence-corrected chi connectivity index (χ3v) is 6.86. The van der Waals surface area contributed by atoms with E-state index in [9.17, 15) is 23.4 Å². The number of alkyl halides is 3. The molecule has 37 heavy (non-hydrogen) atoms. The molecule has 1 aliphatic rings. The number of aliphatic hydroxyl groups is 1. The molecule has 2 heterocycles. The molecule has 1 unspecified atom stereocenters. The molecule has 0 spiro atoms. The maximum atomic E-state index is 12.9. The van der Waals surface area contributed by atoms with E-state index in [1.165, 1.54) is 29.2 Å². The topological polar surface area (TPSA) is 83.9 Å². The van der Waals surface area contributed by atoms with Gasteiger partial charge in [-0.3, -0.25) is 9.89 Å². The van der Waals surface area contributed by atoms with E-state index in [0.29, 0.717) is 11.1 Å². The Labute approximate surface area is 224 Å². The molecule has 1 atom stereocenters.